The van der Waals surface area contributed by atoms with Crippen LogP contribution in [0.5, 0.6) is 5.75 Å². The maximum atomic E-state index is 12.5. The van der Waals surface area contributed by atoms with Crippen LogP contribution in [0.2, 0.25) is 0 Å². The molecule has 1 aromatic carbocycles. The van der Waals surface area contributed by atoms with Crippen LogP contribution in [0.25, 0.3) is 0 Å². The zero-order chi connectivity index (χ0) is 19.4. The number of piperazine rings is 1. The maximum Gasteiger partial charge on any atom is 0.416 e. The van der Waals surface area contributed by atoms with Crippen LogP contribution in [0.1, 0.15) is 26.3 Å². The number of ether oxygens (including phenoxy) is 2. The molecule has 0 bridgehead atoms. The second-order valence-electron chi connectivity index (χ2n) is 7.18. The van der Waals surface area contributed by atoms with Gasteiger partial charge in [-0.25, -0.2) is 4.79 Å². The zero-order valence-corrected chi connectivity index (χ0v) is 15.3. The Morgan fingerprint density at radius 1 is 1.04 bits per heavy atom. The smallest absolute Gasteiger partial charge is 0.416 e. The van der Waals surface area contributed by atoms with Gasteiger partial charge in [0.25, 0.3) is 0 Å². The summed E-state index contributed by atoms with van der Waals surface area (Å²) in [6.45, 7) is 9.08. The highest BCUT2D eigenvalue weighted by molar-refractivity contribution is 5.68. The molecule has 1 aromatic rings. The molecular formula is C18H25F3N2O3. The maximum absolute atomic E-state index is 12.5. The molecule has 146 valence electrons. The van der Waals surface area contributed by atoms with Crippen molar-refractivity contribution in [2.24, 2.45) is 0 Å². The lowest BCUT2D eigenvalue weighted by Gasteiger charge is -2.35. The number of halogens is 3. The van der Waals surface area contributed by atoms with E-state index in [1.54, 1.807) is 4.90 Å². The molecule has 0 aliphatic carbocycles. The third-order valence-corrected chi connectivity index (χ3v) is 3.88. The standard InChI is InChI=1S/C18H25F3N2O3/c1-17(2,3)26-16(24)23-10-8-22(9-11-23)12-13-25-15-6-4-14(5-7-15)18(19,20)21/h4-7H,8-13H2,1-3H3. The summed E-state index contributed by atoms with van der Waals surface area (Å²) in [6, 6.07) is 4.66. The number of nitrogens with zero attached hydrogens (tertiary/aromatic N) is 2. The molecule has 5 nitrogen and oxygen atoms in total. The fourth-order valence-corrected chi connectivity index (χ4v) is 2.51. The summed E-state index contributed by atoms with van der Waals surface area (Å²) in [4.78, 5) is 15.8. The van der Waals surface area contributed by atoms with Crippen molar-refractivity contribution >= 4 is 6.09 Å². The van der Waals surface area contributed by atoms with Gasteiger partial charge in [0.1, 0.15) is 18.0 Å². The lowest BCUT2D eigenvalue weighted by atomic mass is 10.2. The van der Waals surface area contributed by atoms with E-state index >= 15 is 0 Å². The van der Waals surface area contributed by atoms with Gasteiger partial charge in [0.2, 0.25) is 0 Å². The van der Waals surface area contributed by atoms with E-state index in [0.717, 1.165) is 12.1 Å². The van der Waals surface area contributed by atoms with Crippen molar-refractivity contribution in [3.8, 4) is 5.75 Å². The van der Waals surface area contributed by atoms with Crippen molar-refractivity contribution in [3.63, 3.8) is 0 Å². The lowest BCUT2D eigenvalue weighted by molar-refractivity contribution is -0.137. The summed E-state index contributed by atoms with van der Waals surface area (Å²) in [5.74, 6) is 0.408. The molecule has 1 aliphatic rings. The monoisotopic (exact) mass is 374 g/mol. The summed E-state index contributed by atoms with van der Waals surface area (Å²) >= 11 is 0. The summed E-state index contributed by atoms with van der Waals surface area (Å²) in [5.41, 5.74) is -1.20. The van der Waals surface area contributed by atoms with Gasteiger partial charge in [-0.05, 0) is 45.0 Å². The predicted octanol–water partition coefficient (Wildman–Crippen LogP) is 3.64. The fourth-order valence-electron chi connectivity index (χ4n) is 2.51. The van der Waals surface area contributed by atoms with Gasteiger partial charge in [-0.1, -0.05) is 0 Å². The summed E-state index contributed by atoms with van der Waals surface area (Å²) < 4.78 is 48.4. The van der Waals surface area contributed by atoms with Crippen LogP contribution in [0.15, 0.2) is 24.3 Å². The first-order valence-corrected chi connectivity index (χ1v) is 8.55. The van der Waals surface area contributed by atoms with Gasteiger partial charge in [-0.2, -0.15) is 13.2 Å². The van der Waals surface area contributed by atoms with Crippen molar-refractivity contribution < 1.29 is 27.4 Å². The molecule has 1 heterocycles. The van der Waals surface area contributed by atoms with Crippen LogP contribution >= 0.6 is 0 Å². The highest BCUT2D eigenvalue weighted by Gasteiger charge is 2.30. The first kappa shape index (κ1) is 20.4. The van der Waals surface area contributed by atoms with E-state index in [2.05, 4.69) is 4.90 Å². The third-order valence-electron chi connectivity index (χ3n) is 3.88. The molecule has 0 aromatic heterocycles. The van der Waals surface area contributed by atoms with Gasteiger partial charge < -0.3 is 14.4 Å². The van der Waals surface area contributed by atoms with E-state index in [1.807, 2.05) is 20.8 Å². The second-order valence-corrected chi connectivity index (χ2v) is 7.18. The zero-order valence-electron chi connectivity index (χ0n) is 15.3. The Morgan fingerprint density at radius 2 is 1.62 bits per heavy atom. The average Bonchev–Trinajstić information content (AvgIpc) is 2.53. The van der Waals surface area contributed by atoms with Gasteiger partial charge in [-0.15, -0.1) is 0 Å². The average molecular weight is 374 g/mol. The minimum absolute atomic E-state index is 0.307. The molecule has 1 saturated heterocycles. The van der Waals surface area contributed by atoms with E-state index in [1.165, 1.54) is 12.1 Å². The molecule has 1 aliphatic heterocycles. The number of hydrogen-bond donors (Lipinski definition) is 0. The Labute approximate surface area is 151 Å². The van der Waals surface area contributed by atoms with Crippen LogP contribution in [-0.4, -0.2) is 60.8 Å². The van der Waals surface area contributed by atoms with Crippen molar-refractivity contribution in [3.05, 3.63) is 29.8 Å². The molecule has 0 saturated carbocycles. The van der Waals surface area contributed by atoms with Crippen LogP contribution in [0.3, 0.4) is 0 Å². The van der Waals surface area contributed by atoms with Gasteiger partial charge >= 0.3 is 12.3 Å². The molecule has 0 radical (unpaired) electrons. The summed E-state index contributed by atoms with van der Waals surface area (Å²) in [6.07, 6.45) is -4.65. The van der Waals surface area contributed by atoms with Crippen LogP contribution in [0.4, 0.5) is 18.0 Å². The summed E-state index contributed by atoms with van der Waals surface area (Å²) in [7, 11) is 0. The topological polar surface area (TPSA) is 42.0 Å². The van der Waals surface area contributed by atoms with Gasteiger partial charge in [-0.3, -0.25) is 4.90 Å². The number of carbonyl (C=O) groups excluding carboxylic acids is 1. The second kappa shape index (κ2) is 8.16. The third kappa shape index (κ3) is 6.40. The van der Waals surface area contributed by atoms with E-state index in [4.69, 9.17) is 9.47 Å². The van der Waals surface area contributed by atoms with Crippen LogP contribution < -0.4 is 4.74 Å². The molecule has 1 amide bonds. The van der Waals surface area contributed by atoms with Crippen molar-refractivity contribution in [1.29, 1.82) is 0 Å². The molecular weight excluding hydrogens is 349 g/mol. The Bertz CT molecular complexity index is 589. The summed E-state index contributed by atoms with van der Waals surface area (Å²) in [5, 5.41) is 0. The molecule has 8 heteroatoms. The highest BCUT2D eigenvalue weighted by atomic mass is 19.4. The van der Waals surface area contributed by atoms with E-state index < -0.39 is 17.3 Å². The van der Waals surface area contributed by atoms with Crippen LogP contribution in [-0.2, 0) is 10.9 Å². The van der Waals surface area contributed by atoms with Gasteiger partial charge in [0.15, 0.2) is 0 Å². The minimum Gasteiger partial charge on any atom is -0.492 e. The molecule has 2 rings (SSSR count). The molecule has 26 heavy (non-hydrogen) atoms. The first-order valence-electron chi connectivity index (χ1n) is 8.55. The number of alkyl halides is 3. The Balaban J connectivity index is 1.70. The number of hydrogen-bond acceptors (Lipinski definition) is 4. The predicted molar refractivity (Wildman–Crippen MR) is 91.2 cm³/mol. The van der Waals surface area contributed by atoms with Crippen molar-refractivity contribution in [1.82, 2.24) is 9.80 Å². The molecule has 0 spiro atoms. The van der Waals surface area contributed by atoms with Crippen molar-refractivity contribution in [2.75, 3.05) is 39.3 Å². The molecule has 0 N–H and O–H groups in total. The number of benzene rings is 1. The number of amides is 1. The number of carbonyl (C=O) groups is 1. The van der Waals surface area contributed by atoms with E-state index in [-0.39, 0.29) is 6.09 Å². The molecule has 0 atom stereocenters. The quantitative estimate of drug-likeness (QED) is 0.807. The Kier molecular flexibility index (Phi) is 6.39. The first-order chi connectivity index (χ1) is 12.0. The highest BCUT2D eigenvalue weighted by Crippen LogP contribution is 2.30. The molecule has 0 unspecified atom stereocenters. The van der Waals surface area contributed by atoms with E-state index in [9.17, 15) is 18.0 Å². The largest absolute Gasteiger partial charge is 0.492 e. The minimum atomic E-state index is -4.34. The van der Waals surface area contributed by atoms with Crippen molar-refractivity contribution in [2.45, 2.75) is 32.5 Å². The number of rotatable bonds is 4. The molecule has 1 fully saturated rings. The SMILES string of the molecule is CC(C)(C)OC(=O)N1CCN(CCOc2ccc(C(F)(F)F)cc2)CC1. The van der Waals surface area contributed by atoms with Gasteiger partial charge in [0, 0.05) is 32.7 Å². The van der Waals surface area contributed by atoms with Gasteiger partial charge in [0.05, 0.1) is 5.56 Å². The van der Waals surface area contributed by atoms with E-state index in [0.29, 0.717) is 45.1 Å². The normalized spacial score (nSPS) is 16.5. The Hall–Kier alpha value is -1.96. The Morgan fingerprint density at radius 3 is 2.12 bits per heavy atom. The van der Waals surface area contributed by atoms with Crippen LogP contribution in [0, 0.1) is 0 Å². The lowest BCUT2D eigenvalue weighted by Crippen LogP contribution is -2.50. The fraction of sp³-hybridized carbons (Fsp3) is 0.611.